The highest BCUT2D eigenvalue weighted by molar-refractivity contribution is 5.85. The fourth-order valence-corrected chi connectivity index (χ4v) is 4.99. The van der Waals surface area contributed by atoms with Gasteiger partial charge in [0, 0.05) is 17.0 Å². The number of nitrogens with one attached hydrogen (secondary N) is 1. The van der Waals surface area contributed by atoms with Crippen LogP contribution in [0.15, 0.2) is 60.7 Å². The van der Waals surface area contributed by atoms with E-state index in [1.54, 1.807) is 0 Å². The van der Waals surface area contributed by atoms with Crippen molar-refractivity contribution in [3.63, 3.8) is 0 Å². The third kappa shape index (κ3) is 4.05. The van der Waals surface area contributed by atoms with Crippen molar-refractivity contribution >= 4 is 22.5 Å². The van der Waals surface area contributed by atoms with Crippen molar-refractivity contribution in [1.29, 1.82) is 0 Å². The van der Waals surface area contributed by atoms with Gasteiger partial charge >= 0.3 is 0 Å². The SMILES string of the molecule is Cc1cc(Nc2ccc(-c3ccc4c(c3)CCCC4)nn2)n(-c2cc(C)c3cccc(C)c3n2)n1. The maximum absolute atomic E-state index is 4.93. The summed E-state index contributed by atoms with van der Waals surface area (Å²) in [6.45, 7) is 6.18. The summed E-state index contributed by atoms with van der Waals surface area (Å²) in [5.74, 6) is 2.25. The van der Waals surface area contributed by atoms with E-state index >= 15 is 0 Å². The first-order valence-corrected chi connectivity index (χ1v) is 12.2. The zero-order valence-corrected chi connectivity index (χ0v) is 20.3. The smallest absolute Gasteiger partial charge is 0.156 e. The highest BCUT2D eigenvalue weighted by Crippen LogP contribution is 2.28. The molecule has 1 aliphatic carbocycles. The van der Waals surface area contributed by atoms with Gasteiger partial charge in [-0.05, 0) is 93.0 Å². The highest BCUT2D eigenvalue weighted by atomic mass is 15.4. The number of hydrogen-bond acceptors (Lipinski definition) is 5. The lowest BCUT2D eigenvalue weighted by Gasteiger charge is -2.16. The summed E-state index contributed by atoms with van der Waals surface area (Å²) in [5, 5.41) is 18.2. The summed E-state index contributed by atoms with van der Waals surface area (Å²) < 4.78 is 1.84. The number of fused-ring (bicyclic) bond motifs is 2. The van der Waals surface area contributed by atoms with Crippen LogP contribution in [0.1, 0.15) is 40.8 Å². The molecule has 35 heavy (non-hydrogen) atoms. The van der Waals surface area contributed by atoms with Crippen LogP contribution in [0.25, 0.3) is 28.0 Å². The average molecular weight is 461 g/mol. The van der Waals surface area contributed by atoms with Gasteiger partial charge in [0.15, 0.2) is 11.6 Å². The molecule has 0 fully saturated rings. The fraction of sp³-hybridized carbons (Fsp3) is 0.241. The average Bonchev–Trinajstić information content (AvgIpc) is 3.24. The van der Waals surface area contributed by atoms with Gasteiger partial charge in [0.25, 0.3) is 0 Å². The summed E-state index contributed by atoms with van der Waals surface area (Å²) in [4.78, 5) is 4.93. The largest absolute Gasteiger partial charge is 0.323 e. The Hall–Kier alpha value is -4.06. The Bertz CT molecular complexity index is 1550. The summed E-state index contributed by atoms with van der Waals surface area (Å²) in [6.07, 6.45) is 4.89. The Morgan fingerprint density at radius 3 is 2.49 bits per heavy atom. The first-order valence-electron chi connectivity index (χ1n) is 12.2. The molecule has 0 radical (unpaired) electrons. The second-order valence-corrected chi connectivity index (χ2v) is 9.47. The molecule has 2 aromatic carbocycles. The third-order valence-corrected chi connectivity index (χ3v) is 6.85. The minimum absolute atomic E-state index is 0.668. The van der Waals surface area contributed by atoms with E-state index in [4.69, 9.17) is 10.1 Å². The fourth-order valence-electron chi connectivity index (χ4n) is 4.99. The third-order valence-electron chi connectivity index (χ3n) is 6.85. The van der Waals surface area contributed by atoms with Crippen LogP contribution >= 0.6 is 0 Å². The second kappa shape index (κ2) is 8.62. The van der Waals surface area contributed by atoms with Crippen molar-refractivity contribution < 1.29 is 0 Å². The van der Waals surface area contributed by atoms with E-state index in [9.17, 15) is 0 Å². The molecule has 6 rings (SSSR count). The van der Waals surface area contributed by atoms with Gasteiger partial charge < -0.3 is 5.32 Å². The number of para-hydroxylation sites is 1. The minimum atomic E-state index is 0.668. The van der Waals surface area contributed by atoms with E-state index in [2.05, 4.69) is 71.8 Å². The van der Waals surface area contributed by atoms with Gasteiger partial charge in [0.1, 0.15) is 5.82 Å². The molecule has 0 unspecified atom stereocenters. The number of anilines is 2. The zero-order chi connectivity index (χ0) is 23.9. The Kier molecular flexibility index (Phi) is 5.29. The van der Waals surface area contributed by atoms with Gasteiger partial charge in [-0.25, -0.2) is 4.98 Å². The number of rotatable bonds is 4. The summed E-state index contributed by atoms with van der Waals surface area (Å²) in [6, 6.07) is 21.0. The van der Waals surface area contributed by atoms with Crippen LogP contribution in [-0.4, -0.2) is 25.0 Å². The molecule has 0 bridgehead atoms. The number of pyridine rings is 1. The molecule has 3 heterocycles. The molecule has 1 N–H and O–H groups in total. The molecule has 1 aliphatic rings. The number of aromatic nitrogens is 5. The molecule has 6 heteroatoms. The van der Waals surface area contributed by atoms with E-state index in [1.165, 1.54) is 36.0 Å². The molecular weight excluding hydrogens is 432 g/mol. The summed E-state index contributed by atoms with van der Waals surface area (Å²) in [7, 11) is 0. The van der Waals surface area contributed by atoms with Crippen molar-refractivity contribution in [3.05, 3.63) is 88.6 Å². The molecule has 0 atom stereocenters. The van der Waals surface area contributed by atoms with Crippen molar-refractivity contribution in [2.24, 2.45) is 0 Å². The molecule has 174 valence electrons. The first-order chi connectivity index (χ1) is 17.0. The van der Waals surface area contributed by atoms with E-state index in [-0.39, 0.29) is 0 Å². The van der Waals surface area contributed by atoms with Crippen LogP contribution in [0.2, 0.25) is 0 Å². The Labute approximate surface area is 205 Å². The van der Waals surface area contributed by atoms with Crippen molar-refractivity contribution in [1.82, 2.24) is 25.0 Å². The first kappa shape index (κ1) is 21.5. The summed E-state index contributed by atoms with van der Waals surface area (Å²) in [5.41, 5.74) is 9.14. The number of benzene rings is 2. The van der Waals surface area contributed by atoms with Gasteiger partial charge in [-0.3, -0.25) is 0 Å². The lowest BCUT2D eigenvalue weighted by molar-refractivity contribution is 0.686. The van der Waals surface area contributed by atoms with Crippen molar-refractivity contribution in [3.8, 4) is 17.1 Å². The molecule has 0 amide bonds. The Morgan fingerprint density at radius 2 is 1.66 bits per heavy atom. The lowest BCUT2D eigenvalue weighted by atomic mass is 9.90. The van der Waals surface area contributed by atoms with E-state index in [0.717, 1.165) is 51.5 Å². The van der Waals surface area contributed by atoms with Gasteiger partial charge in [-0.15, -0.1) is 10.2 Å². The van der Waals surface area contributed by atoms with Gasteiger partial charge in [-0.2, -0.15) is 9.78 Å². The molecule has 0 saturated heterocycles. The van der Waals surface area contributed by atoms with E-state index < -0.39 is 0 Å². The van der Waals surface area contributed by atoms with Crippen molar-refractivity contribution in [2.75, 3.05) is 5.32 Å². The monoisotopic (exact) mass is 460 g/mol. The molecule has 5 aromatic rings. The van der Waals surface area contributed by atoms with Crippen LogP contribution in [0.4, 0.5) is 11.6 Å². The molecule has 6 nitrogen and oxygen atoms in total. The lowest BCUT2D eigenvalue weighted by Crippen LogP contribution is -2.07. The van der Waals surface area contributed by atoms with E-state index in [1.807, 2.05) is 29.8 Å². The highest BCUT2D eigenvalue weighted by Gasteiger charge is 2.14. The van der Waals surface area contributed by atoms with Crippen LogP contribution in [0.3, 0.4) is 0 Å². The predicted molar refractivity (Wildman–Crippen MR) is 140 cm³/mol. The molecule has 0 aliphatic heterocycles. The quantitative estimate of drug-likeness (QED) is 0.335. The van der Waals surface area contributed by atoms with Crippen LogP contribution in [0.5, 0.6) is 0 Å². The summed E-state index contributed by atoms with van der Waals surface area (Å²) >= 11 is 0. The van der Waals surface area contributed by atoms with Crippen LogP contribution in [-0.2, 0) is 12.8 Å². The maximum Gasteiger partial charge on any atom is 0.156 e. The van der Waals surface area contributed by atoms with Crippen LogP contribution in [0, 0.1) is 20.8 Å². The second-order valence-electron chi connectivity index (χ2n) is 9.47. The molecule has 0 spiro atoms. The molecule has 0 saturated carbocycles. The standard InChI is InChI=1S/C29H28N6/c1-18-7-6-10-24-19(2)15-27(31-29(18)24)35-28(16-20(3)34-35)30-26-14-13-25(32-33-26)23-12-11-21-8-4-5-9-22(21)17-23/h6-7,10-17H,4-5,8-9H2,1-3H3,(H,30,33). The van der Waals surface area contributed by atoms with Crippen LogP contribution < -0.4 is 5.32 Å². The maximum atomic E-state index is 4.93. The van der Waals surface area contributed by atoms with Crippen molar-refractivity contribution in [2.45, 2.75) is 46.5 Å². The number of hydrogen-bond donors (Lipinski definition) is 1. The molecule has 3 aromatic heterocycles. The van der Waals surface area contributed by atoms with Gasteiger partial charge in [-0.1, -0.05) is 30.3 Å². The van der Waals surface area contributed by atoms with Gasteiger partial charge in [0.05, 0.1) is 16.9 Å². The Morgan fingerprint density at radius 1 is 0.800 bits per heavy atom. The molecular formula is C29H28N6. The topological polar surface area (TPSA) is 68.5 Å². The number of nitrogens with zero attached hydrogens (tertiary/aromatic N) is 5. The van der Waals surface area contributed by atoms with Gasteiger partial charge in [0.2, 0.25) is 0 Å². The normalized spacial score (nSPS) is 13.1. The Balaban J connectivity index is 1.30. The van der Waals surface area contributed by atoms with E-state index in [0.29, 0.717) is 5.82 Å². The number of aryl methyl sites for hydroxylation is 5. The minimum Gasteiger partial charge on any atom is -0.323 e. The predicted octanol–water partition coefficient (Wildman–Crippen LogP) is 6.43. The zero-order valence-electron chi connectivity index (χ0n) is 20.3.